The zero-order valence-electron chi connectivity index (χ0n) is 24.2. The predicted molar refractivity (Wildman–Crippen MR) is 172 cm³/mol. The summed E-state index contributed by atoms with van der Waals surface area (Å²) >= 11 is 0. The Morgan fingerprint density at radius 2 is 1.30 bits per heavy atom. The molecule has 4 heteroatoms. The first-order valence-electron chi connectivity index (χ1n) is 15.0. The minimum atomic E-state index is -1.86. The van der Waals surface area contributed by atoms with Crippen molar-refractivity contribution in [2.45, 2.75) is 77.4 Å². The zero-order valence-corrected chi connectivity index (χ0v) is 25.2. The van der Waals surface area contributed by atoms with Gasteiger partial charge < -0.3 is 9.67 Å². The van der Waals surface area contributed by atoms with Crippen molar-refractivity contribution in [3.63, 3.8) is 0 Å². The first kappa shape index (κ1) is 28.2. The van der Waals surface area contributed by atoms with Gasteiger partial charge in [-0.25, -0.2) is 4.39 Å². The molecule has 0 radical (unpaired) electrons. The van der Waals surface area contributed by atoms with Gasteiger partial charge in [0.05, 0.1) is 24.8 Å². The third kappa shape index (κ3) is 5.88. The van der Waals surface area contributed by atoms with Crippen LogP contribution in [0.3, 0.4) is 0 Å². The second-order valence-corrected chi connectivity index (χ2v) is 16.7. The topological polar surface area (TPSA) is 25.2 Å². The highest BCUT2D eigenvalue weighted by Gasteiger charge is 2.27. The molecule has 0 bridgehead atoms. The highest BCUT2D eigenvalue weighted by atomic mass is 28.3. The van der Waals surface area contributed by atoms with Crippen LogP contribution in [0.25, 0.3) is 38.6 Å². The van der Waals surface area contributed by atoms with Crippen LogP contribution >= 0.6 is 0 Å². The van der Waals surface area contributed by atoms with Gasteiger partial charge in [0.15, 0.2) is 0 Å². The Hall–Kier alpha value is -3.37. The molecule has 1 aromatic heterocycles. The lowest BCUT2D eigenvalue weighted by atomic mass is 10.0. The normalized spacial score (nSPS) is 12.0. The lowest BCUT2D eigenvalue weighted by molar-refractivity contribution is 0.475. The van der Waals surface area contributed by atoms with Crippen LogP contribution in [-0.2, 0) is 0 Å². The number of rotatable bonds is 12. The highest BCUT2D eigenvalue weighted by Crippen LogP contribution is 2.40. The number of hydrogen-bond donors (Lipinski definition) is 1. The fourth-order valence-electron chi connectivity index (χ4n) is 6.08. The monoisotopic (exact) mass is 551 g/mol. The molecular weight excluding hydrogens is 509 g/mol. The van der Waals surface area contributed by atoms with Gasteiger partial charge in [-0.2, -0.15) is 0 Å². The Balaban J connectivity index is 1.56. The minimum Gasteiger partial charge on any atom is -0.505 e. The largest absolute Gasteiger partial charge is 0.505 e. The number of hydrogen-bond acceptors (Lipinski definition) is 1. The van der Waals surface area contributed by atoms with E-state index in [0.717, 1.165) is 27.5 Å². The first-order valence-corrected chi connectivity index (χ1v) is 18.2. The molecular formula is C36H42FNOSi. The summed E-state index contributed by atoms with van der Waals surface area (Å²) in [5.41, 5.74) is 4.29. The molecule has 0 amide bonds. The van der Waals surface area contributed by atoms with Crippen LogP contribution in [0.5, 0.6) is 5.75 Å². The van der Waals surface area contributed by atoms with E-state index in [2.05, 4.69) is 73.1 Å². The van der Waals surface area contributed by atoms with Crippen LogP contribution in [-0.4, -0.2) is 17.7 Å². The van der Waals surface area contributed by atoms with Gasteiger partial charge in [-0.15, -0.1) is 0 Å². The molecule has 5 aromatic rings. The Morgan fingerprint density at radius 1 is 0.700 bits per heavy atom. The maximum Gasteiger partial charge on any atom is 0.147 e. The maximum atomic E-state index is 14.4. The molecule has 0 aliphatic rings. The van der Waals surface area contributed by atoms with Gasteiger partial charge in [-0.05, 0) is 35.9 Å². The Bertz CT molecular complexity index is 1550. The summed E-state index contributed by atoms with van der Waals surface area (Å²) in [6, 6.07) is 28.9. The van der Waals surface area contributed by atoms with Crippen LogP contribution in [0, 0.1) is 5.82 Å². The molecule has 4 aromatic carbocycles. The molecule has 0 unspecified atom stereocenters. The van der Waals surface area contributed by atoms with E-state index < -0.39 is 8.07 Å². The summed E-state index contributed by atoms with van der Waals surface area (Å²) in [6.07, 6.45) is 10.5. The van der Waals surface area contributed by atoms with Crippen LogP contribution in [0.15, 0.2) is 84.9 Å². The van der Waals surface area contributed by atoms with E-state index in [9.17, 15) is 9.50 Å². The highest BCUT2D eigenvalue weighted by molar-refractivity contribution is 6.89. The van der Waals surface area contributed by atoms with Crippen molar-refractivity contribution in [3.05, 3.63) is 90.7 Å². The van der Waals surface area contributed by atoms with Gasteiger partial charge in [0.25, 0.3) is 0 Å². The molecule has 5 rings (SSSR count). The van der Waals surface area contributed by atoms with Gasteiger partial charge in [0.1, 0.15) is 11.6 Å². The smallest absolute Gasteiger partial charge is 0.147 e. The molecule has 0 atom stereocenters. The fraction of sp³-hybridized carbons (Fsp3) is 0.333. The number of aromatic nitrogens is 1. The number of fused-ring (bicyclic) bond motifs is 3. The zero-order chi connectivity index (χ0) is 28.1. The molecule has 0 aliphatic carbocycles. The van der Waals surface area contributed by atoms with Crippen molar-refractivity contribution in [1.82, 2.24) is 4.57 Å². The fourth-order valence-corrected chi connectivity index (χ4v) is 8.57. The average Bonchev–Trinajstić information content (AvgIpc) is 3.29. The Labute approximate surface area is 239 Å². The summed E-state index contributed by atoms with van der Waals surface area (Å²) in [6.45, 7) is 7.14. The van der Waals surface area contributed by atoms with Crippen molar-refractivity contribution in [1.29, 1.82) is 0 Å². The van der Waals surface area contributed by atoms with Gasteiger partial charge in [-0.3, -0.25) is 0 Å². The standard InChI is InChI=1S/C36H42FNOSi/c1-4-5-6-7-8-9-10-15-23-40(2,3)29-25-32(27-17-16-18-28(37)24-27)36(39)35(26-29)38-33-21-13-11-19-30(33)31-20-12-14-22-34(31)38/h11-14,16-22,24-26,39H,4-10,15,23H2,1-3H3. The summed E-state index contributed by atoms with van der Waals surface area (Å²) in [7, 11) is -1.86. The number of phenols is 1. The molecule has 1 N–H and O–H groups in total. The van der Waals surface area contributed by atoms with E-state index in [4.69, 9.17) is 0 Å². The first-order chi connectivity index (χ1) is 19.4. The van der Waals surface area contributed by atoms with Crippen LogP contribution in [0.4, 0.5) is 4.39 Å². The number of aromatic hydroxyl groups is 1. The second-order valence-electron chi connectivity index (χ2n) is 11.9. The lowest BCUT2D eigenvalue weighted by Gasteiger charge is -2.26. The van der Waals surface area contributed by atoms with Gasteiger partial charge in [0, 0.05) is 16.3 Å². The van der Waals surface area contributed by atoms with E-state index in [1.807, 2.05) is 18.2 Å². The minimum absolute atomic E-state index is 0.192. The Morgan fingerprint density at radius 3 is 1.93 bits per heavy atom. The summed E-state index contributed by atoms with van der Waals surface area (Å²) < 4.78 is 16.6. The quantitative estimate of drug-likeness (QED) is 0.121. The number of para-hydroxylation sites is 2. The van der Waals surface area contributed by atoms with Crippen molar-refractivity contribution >= 4 is 35.1 Å². The molecule has 1 heterocycles. The van der Waals surface area contributed by atoms with E-state index in [0.29, 0.717) is 11.1 Å². The molecule has 0 fully saturated rings. The molecule has 2 nitrogen and oxygen atoms in total. The van der Waals surface area contributed by atoms with E-state index in [-0.39, 0.29) is 11.6 Å². The van der Waals surface area contributed by atoms with Crippen molar-refractivity contribution < 1.29 is 9.50 Å². The van der Waals surface area contributed by atoms with Gasteiger partial charge in [-0.1, -0.05) is 137 Å². The summed E-state index contributed by atoms with van der Waals surface area (Å²) in [5, 5.41) is 15.4. The van der Waals surface area contributed by atoms with E-state index >= 15 is 0 Å². The molecule has 208 valence electrons. The van der Waals surface area contributed by atoms with Crippen molar-refractivity contribution in [2.24, 2.45) is 0 Å². The Kier molecular flexibility index (Phi) is 8.75. The second kappa shape index (κ2) is 12.4. The summed E-state index contributed by atoms with van der Waals surface area (Å²) in [5.74, 6) is -0.103. The number of phenolic OH excluding ortho intramolecular Hbond substituents is 1. The summed E-state index contributed by atoms with van der Waals surface area (Å²) in [4.78, 5) is 0. The van der Waals surface area contributed by atoms with Crippen molar-refractivity contribution in [2.75, 3.05) is 0 Å². The average molecular weight is 552 g/mol. The van der Waals surface area contributed by atoms with E-state index in [1.165, 1.54) is 74.7 Å². The van der Waals surface area contributed by atoms with Crippen LogP contribution < -0.4 is 5.19 Å². The van der Waals surface area contributed by atoms with Crippen LogP contribution in [0.2, 0.25) is 19.1 Å². The van der Waals surface area contributed by atoms with E-state index in [1.54, 1.807) is 6.07 Å². The predicted octanol–water partition coefficient (Wildman–Crippen LogP) is 10.4. The number of benzene rings is 4. The molecule has 0 saturated carbocycles. The maximum absolute atomic E-state index is 14.4. The number of unbranched alkanes of at least 4 members (excludes halogenated alkanes) is 7. The molecule has 0 aliphatic heterocycles. The lowest BCUT2D eigenvalue weighted by Crippen LogP contribution is -2.41. The number of nitrogens with zero attached hydrogens (tertiary/aromatic N) is 1. The molecule has 40 heavy (non-hydrogen) atoms. The van der Waals surface area contributed by atoms with Gasteiger partial charge in [0.2, 0.25) is 0 Å². The molecule has 0 spiro atoms. The van der Waals surface area contributed by atoms with Crippen LogP contribution in [0.1, 0.15) is 58.3 Å². The number of halogens is 1. The third-order valence-corrected chi connectivity index (χ3v) is 11.9. The van der Waals surface area contributed by atoms with Crippen molar-refractivity contribution in [3.8, 4) is 22.6 Å². The SMILES string of the molecule is CCCCCCCCCC[Si](C)(C)c1cc(-c2cccc(F)c2)c(O)c(-n2c3ccccc3c3ccccc32)c1. The molecule has 0 saturated heterocycles. The third-order valence-electron chi connectivity index (χ3n) is 8.48. The van der Waals surface area contributed by atoms with Gasteiger partial charge >= 0.3 is 0 Å².